The summed E-state index contributed by atoms with van der Waals surface area (Å²) in [5, 5.41) is 3.47. The molecule has 0 rings (SSSR count). The fourth-order valence-electron chi connectivity index (χ4n) is 2.07. The van der Waals surface area contributed by atoms with E-state index in [1.807, 2.05) is 0 Å². The van der Waals surface area contributed by atoms with Gasteiger partial charge in [-0.05, 0) is 46.3 Å². The lowest BCUT2D eigenvalue weighted by molar-refractivity contribution is 0.198. The van der Waals surface area contributed by atoms with Crippen molar-refractivity contribution in [3.8, 4) is 0 Å². The van der Waals surface area contributed by atoms with Gasteiger partial charge in [-0.15, -0.1) is 0 Å². The number of hydrogen-bond acceptors (Lipinski definition) is 2. The smallest absolute Gasteiger partial charge is 0.00815 e. The molecule has 2 nitrogen and oxygen atoms in total. The highest BCUT2D eigenvalue weighted by Crippen LogP contribution is 2.07. The molecule has 1 N–H and O–H groups in total. The topological polar surface area (TPSA) is 15.3 Å². The molecule has 2 unspecified atom stereocenters. The van der Waals surface area contributed by atoms with Gasteiger partial charge in [-0.25, -0.2) is 0 Å². The molecule has 0 radical (unpaired) electrons. The Bertz CT molecular complexity index is 125. The fourth-order valence-corrected chi connectivity index (χ4v) is 2.07. The van der Waals surface area contributed by atoms with Gasteiger partial charge in [-0.2, -0.15) is 0 Å². The molecular formula is C12H28N2. The summed E-state index contributed by atoms with van der Waals surface area (Å²) in [4.78, 5) is 2.56. The van der Waals surface area contributed by atoms with E-state index >= 15 is 0 Å². The van der Waals surface area contributed by atoms with Crippen LogP contribution in [-0.4, -0.2) is 36.6 Å². The first-order chi connectivity index (χ1) is 6.65. The molecule has 0 aliphatic rings. The lowest BCUT2D eigenvalue weighted by atomic mass is 10.1. The zero-order valence-corrected chi connectivity index (χ0v) is 10.6. The van der Waals surface area contributed by atoms with Crippen LogP contribution in [0.25, 0.3) is 0 Å². The van der Waals surface area contributed by atoms with Crippen LogP contribution in [0.3, 0.4) is 0 Å². The zero-order valence-electron chi connectivity index (χ0n) is 10.6. The van der Waals surface area contributed by atoms with Crippen LogP contribution < -0.4 is 5.32 Å². The minimum atomic E-state index is 0.640. The zero-order chi connectivity index (χ0) is 11.0. The highest BCUT2D eigenvalue weighted by Gasteiger charge is 2.13. The van der Waals surface area contributed by atoms with Gasteiger partial charge < -0.3 is 10.2 Å². The first kappa shape index (κ1) is 13.9. The van der Waals surface area contributed by atoms with Crippen molar-refractivity contribution in [2.24, 2.45) is 0 Å². The van der Waals surface area contributed by atoms with Crippen LogP contribution in [-0.2, 0) is 0 Å². The standard InChI is InChI=1S/C12H28N2/c1-6-9-14(8-3)12(5)10-11(4)13-7-2/h11-13H,6-10H2,1-5H3. The van der Waals surface area contributed by atoms with Crippen LogP contribution in [0.4, 0.5) is 0 Å². The summed E-state index contributed by atoms with van der Waals surface area (Å²) in [6, 6.07) is 1.34. The summed E-state index contributed by atoms with van der Waals surface area (Å²) in [5.74, 6) is 0. The number of nitrogens with zero attached hydrogens (tertiary/aromatic N) is 1. The largest absolute Gasteiger partial charge is 0.314 e. The van der Waals surface area contributed by atoms with Crippen LogP contribution in [0, 0.1) is 0 Å². The second-order valence-corrected chi connectivity index (χ2v) is 4.17. The van der Waals surface area contributed by atoms with Crippen molar-refractivity contribution in [3.63, 3.8) is 0 Å². The molecule has 86 valence electrons. The van der Waals surface area contributed by atoms with E-state index < -0.39 is 0 Å². The maximum Gasteiger partial charge on any atom is 0.00815 e. The number of rotatable bonds is 8. The maximum absolute atomic E-state index is 3.47. The van der Waals surface area contributed by atoms with E-state index in [4.69, 9.17) is 0 Å². The molecular weight excluding hydrogens is 172 g/mol. The Hall–Kier alpha value is -0.0800. The van der Waals surface area contributed by atoms with Crippen LogP contribution in [0.2, 0.25) is 0 Å². The van der Waals surface area contributed by atoms with Crippen LogP contribution in [0.5, 0.6) is 0 Å². The first-order valence-electron chi connectivity index (χ1n) is 6.13. The molecule has 0 aliphatic heterocycles. The molecule has 2 heteroatoms. The van der Waals surface area contributed by atoms with E-state index in [1.165, 1.54) is 25.9 Å². The van der Waals surface area contributed by atoms with Gasteiger partial charge in [0.15, 0.2) is 0 Å². The molecule has 0 aliphatic carbocycles. The average Bonchev–Trinajstić information content (AvgIpc) is 2.14. The van der Waals surface area contributed by atoms with Crippen LogP contribution in [0.15, 0.2) is 0 Å². The minimum Gasteiger partial charge on any atom is -0.314 e. The van der Waals surface area contributed by atoms with Crippen LogP contribution >= 0.6 is 0 Å². The summed E-state index contributed by atoms with van der Waals surface area (Å²) >= 11 is 0. The lowest BCUT2D eigenvalue weighted by Gasteiger charge is -2.29. The predicted molar refractivity (Wildman–Crippen MR) is 64.8 cm³/mol. The van der Waals surface area contributed by atoms with Gasteiger partial charge >= 0.3 is 0 Å². The lowest BCUT2D eigenvalue weighted by Crippen LogP contribution is -2.39. The molecule has 0 spiro atoms. The van der Waals surface area contributed by atoms with Crippen molar-refractivity contribution in [1.82, 2.24) is 10.2 Å². The quantitative estimate of drug-likeness (QED) is 0.647. The summed E-state index contributed by atoms with van der Waals surface area (Å²) in [6.45, 7) is 14.8. The van der Waals surface area contributed by atoms with Gasteiger partial charge in [0.25, 0.3) is 0 Å². The average molecular weight is 200 g/mol. The van der Waals surface area contributed by atoms with E-state index in [2.05, 4.69) is 44.8 Å². The Morgan fingerprint density at radius 2 is 1.79 bits per heavy atom. The second kappa shape index (κ2) is 8.25. The third-order valence-electron chi connectivity index (χ3n) is 2.79. The predicted octanol–water partition coefficient (Wildman–Crippen LogP) is 2.49. The summed E-state index contributed by atoms with van der Waals surface area (Å²) in [7, 11) is 0. The van der Waals surface area contributed by atoms with E-state index in [9.17, 15) is 0 Å². The maximum atomic E-state index is 3.47. The van der Waals surface area contributed by atoms with Gasteiger partial charge in [0, 0.05) is 12.1 Å². The second-order valence-electron chi connectivity index (χ2n) is 4.17. The monoisotopic (exact) mass is 200 g/mol. The molecule has 2 atom stereocenters. The molecule has 0 saturated heterocycles. The van der Waals surface area contributed by atoms with Gasteiger partial charge in [-0.3, -0.25) is 0 Å². The first-order valence-corrected chi connectivity index (χ1v) is 6.13. The Balaban J connectivity index is 3.83. The van der Waals surface area contributed by atoms with Gasteiger partial charge in [0.2, 0.25) is 0 Å². The number of nitrogens with one attached hydrogen (secondary N) is 1. The number of hydrogen-bond donors (Lipinski definition) is 1. The van der Waals surface area contributed by atoms with E-state index in [1.54, 1.807) is 0 Å². The molecule has 0 aromatic rings. The Morgan fingerprint density at radius 1 is 1.14 bits per heavy atom. The van der Waals surface area contributed by atoms with Gasteiger partial charge in [0.05, 0.1) is 0 Å². The Kier molecular flexibility index (Phi) is 8.20. The van der Waals surface area contributed by atoms with Crippen molar-refractivity contribution in [1.29, 1.82) is 0 Å². The summed E-state index contributed by atoms with van der Waals surface area (Å²) < 4.78 is 0. The van der Waals surface area contributed by atoms with Crippen molar-refractivity contribution in [2.45, 2.75) is 59.5 Å². The Labute approximate surface area is 90.1 Å². The van der Waals surface area contributed by atoms with E-state index in [0.717, 1.165) is 6.54 Å². The van der Waals surface area contributed by atoms with Crippen molar-refractivity contribution >= 4 is 0 Å². The highest BCUT2D eigenvalue weighted by molar-refractivity contribution is 4.71. The molecule has 0 saturated carbocycles. The van der Waals surface area contributed by atoms with E-state index in [-0.39, 0.29) is 0 Å². The highest BCUT2D eigenvalue weighted by atomic mass is 15.1. The SMILES string of the molecule is CCCN(CC)C(C)CC(C)NCC. The minimum absolute atomic E-state index is 0.640. The third kappa shape index (κ3) is 5.61. The van der Waals surface area contributed by atoms with Crippen molar-refractivity contribution in [3.05, 3.63) is 0 Å². The van der Waals surface area contributed by atoms with Gasteiger partial charge in [-0.1, -0.05) is 20.8 Å². The normalized spacial score (nSPS) is 15.9. The molecule has 0 bridgehead atoms. The third-order valence-corrected chi connectivity index (χ3v) is 2.79. The van der Waals surface area contributed by atoms with E-state index in [0.29, 0.717) is 12.1 Å². The van der Waals surface area contributed by atoms with Crippen LogP contribution in [0.1, 0.15) is 47.5 Å². The van der Waals surface area contributed by atoms with Gasteiger partial charge in [0.1, 0.15) is 0 Å². The summed E-state index contributed by atoms with van der Waals surface area (Å²) in [6.07, 6.45) is 2.51. The molecule has 0 fully saturated rings. The molecule has 14 heavy (non-hydrogen) atoms. The van der Waals surface area contributed by atoms with Crippen molar-refractivity contribution in [2.75, 3.05) is 19.6 Å². The molecule has 0 aromatic heterocycles. The Morgan fingerprint density at radius 3 is 2.21 bits per heavy atom. The molecule has 0 amide bonds. The molecule has 0 aromatic carbocycles. The summed E-state index contributed by atoms with van der Waals surface area (Å²) in [5.41, 5.74) is 0. The fraction of sp³-hybridized carbons (Fsp3) is 1.00. The molecule has 0 heterocycles. The van der Waals surface area contributed by atoms with Crippen molar-refractivity contribution < 1.29 is 0 Å².